The average Bonchev–Trinajstić information content (AvgIpc) is 3.37. The molecule has 1 aromatic carbocycles. The van der Waals surface area contributed by atoms with Crippen molar-refractivity contribution in [1.82, 2.24) is 4.98 Å². The summed E-state index contributed by atoms with van der Waals surface area (Å²) < 4.78 is 33.2. The largest absolute Gasteiger partial charge is 0.359 e. The maximum atomic E-state index is 13.2. The molecule has 3 heterocycles. The third-order valence-corrected chi connectivity index (χ3v) is 11.0. The summed E-state index contributed by atoms with van der Waals surface area (Å²) in [6, 6.07) is 8.71. The SMILES string of the molecule is C[C@]12CC=C3C=C4CC[C@@H]([N+](C)(O)CC(F)F)C[C@]45CC[C@]3(O5)[C@@H]1CC[C@@H]2c1ccc2ccncc2c1. The van der Waals surface area contributed by atoms with Crippen molar-refractivity contribution >= 4 is 10.8 Å². The summed E-state index contributed by atoms with van der Waals surface area (Å²) in [5.74, 6) is 0.880. The van der Waals surface area contributed by atoms with E-state index in [1.807, 2.05) is 12.4 Å². The molecule has 5 aliphatic rings. The molecule has 0 amide bonds. The van der Waals surface area contributed by atoms with Gasteiger partial charge in [0.25, 0.3) is 6.43 Å². The minimum Gasteiger partial charge on any atom is -0.359 e. The lowest BCUT2D eigenvalue weighted by Gasteiger charge is -2.54. The molecule has 2 aliphatic heterocycles. The Hall–Kier alpha value is -2.15. The van der Waals surface area contributed by atoms with Crippen LogP contribution in [0.4, 0.5) is 8.78 Å². The molecule has 2 saturated carbocycles. The van der Waals surface area contributed by atoms with Crippen LogP contribution >= 0.6 is 0 Å². The van der Waals surface area contributed by atoms with Gasteiger partial charge >= 0.3 is 0 Å². The number of pyridine rings is 1. The van der Waals surface area contributed by atoms with Crippen LogP contribution in [0.25, 0.3) is 10.8 Å². The highest BCUT2D eigenvalue weighted by Crippen LogP contribution is 2.69. The van der Waals surface area contributed by atoms with Gasteiger partial charge in [-0.1, -0.05) is 31.2 Å². The summed E-state index contributed by atoms with van der Waals surface area (Å²) in [5, 5.41) is 13.4. The monoisotopic (exact) mass is 507 g/mol. The van der Waals surface area contributed by atoms with Gasteiger partial charge in [-0.15, -0.1) is 0 Å². The fourth-order valence-electron chi connectivity index (χ4n) is 9.15. The van der Waals surface area contributed by atoms with Crippen LogP contribution in [0.3, 0.4) is 0 Å². The Balaban J connectivity index is 1.22. The highest BCUT2D eigenvalue weighted by atomic mass is 19.3. The predicted molar refractivity (Wildman–Crippen MR) is 138 cm³/mol. The lowest BCUT2D eigenvalue weighted by atomic mass is 9.58. The molecule has 0 radical (unpaired) electrons. The van der Waals surface area contributed by atoms with Crippen molar-refractivity contribution in [2.24, 2.45) is 11.3 Å². The molecule has 196 valence electrons. The molecule has 4 nitrogen and oxygen atoms in total. The van der Waals surface area contributed by atoms with E-state index >= 15 is 0 Å². The lowest BCUT2D eigenvalue weighted by Crippen LogP contribution is -2.59. The molecule has 3 aliphatic carbocycles. The number of hydrogen-bond acceptors (Lipinski definition) is 3. The van der Waals surface area contributed by atoms with Gasteiger partial charge in [0, 0.05) is 30.6 Å². The van der Waals surface area contributed by atoms with Crippen molar-refractivity contribution in [1.29, 1.82) is 0 Å². The van der Waals surface area contributed by atoms with E-state index in [0.29, 0.717) is 18.3 Å². The number of alkyl halides is 2. The fraction of sp³-hybridized carbons (Fsp3) is 0.581. The van der Waals surface area contributed by atoms with Crippen molar-refractivity contribution in [3.05, 3.63) is 65.5 Å². The van der Waals surface area contributed by atoms with Gasteiger partial charge in [-0.25, -0.2) is 14.0 Å². The molecule has 7 rings (SSSR count). The first kappa shape index (κ1) is 23.9. The number of halogens is 2. The van der Waals surface area contributed by atoms with Crippen LogP contribution in [0, 0.1) is 11.3 Å². The molecule has 3 fully saturated rings. The molecule has 1 unspecified atom stereocenters. The van der Waals surface area contributed by atoms with E-state index in [4.69, 9.17) is 4.74 Å². The number of quaternary nitrogens is 1. The zero-order chi connectivity index (χ0) is 25.6. The molecule has 37 heavy (non-hydrogen) atoms. The Kier molecular flexibility index (Phi) is 5.13. The molecule has 6 heteroatoms. The number of hydroxylamine groups is 3. The Bertz CT molecular complexity index is 1320. The van der Waals surface area contributed by atoms with Crippen LogP contribution in [0.2, 0.25) is 0 Å². The highest BCUT2D eigenvalue weighted by Gasteiger charge is 2.67. The van der Waals surface area contributed by atoms with E-state index in [1.54, 1.807) is 7.05 Å². The first-order valence-corrected chi connectivity index (χ1v) is 14.0. The summed E-state index contributed by atoms with van der Waals surface area (Å²) in [4.78, 5) is 4.34. The van der Waals surface area contributed by atoms with Crippen LogP contribution in [0.1, 0.15) is 69.8 Å². The molecular formula is C31H37F2N2O2+. The number of aromatic nitrogens is 1. The average molecular weight is 508 g/mol. The summed E-state index contributed by atoms with van der Waals surface area (Å²) in [6.07, 6.45) is 13.5. The number of rotatable bonds is 4. The first-order chi connectivity index (χ1) is 17.7. The number of nitrogens with zero attached hydrogens (tertiary/aromatic N) is 2. The summed E-state index contributed by atoms with van der Waals surface area (Å²) in [6.45, 7) is 1.94. The Morgan fingerprint density at radius 2 is 2.03 bits per heavy atom. The van der Waals surface area contributed by atoms with Crippen LogP contribution in [-0.4, -0.2) is 52.1 Å². The number of fused-ring (bicyclic) bond motifs is 2. The second-order valence-electron chi connectivity index (χ2n) is 12.9. The van der Waals surface area contributed by atoms with Crippen molar-refractivity contribution in [2.75, 3.05) is 13.6 Å². The number of allylic oxidation sites excluding steroid dienone is 1. The summed E-state index contributed by atoms with van der Waals surface area (Å²) >= 11 is 0. The molecule has 1 saturated heterocycles. The van der Waals surface area contributed by atoms with Crippen molar-refractivity contribution in [3.8, 4) is 0 Å². The van der Waals surface area contributed by atoms with Crippen molar-refractivity contribution in [2.45, 2.75) is 87.9 Å². The van der Waals surface area contributed by atoms with Crippen LogP contribution < -0.4 is 0 Å². The van der Waals surface area contributed by atoms with Gasteiger partial charge < -0.3 is 4.74 Å². The molecule has 1 N–H and O–H groups in total. The van der Waals surface area contributed by atoms with Crippen molar-refractivity contribution in [3.63, 3.8) is 0 Å². The normalized spacial score (nSPS) is 40.0. The Morgan fingerprint density at radius 1 is 1.16 bits per heavy atom. The van der Waals surface area contributed by atoms with Gasteiger partial charge in [0.2, 0.25) is 0 Å². The van der Waals surface area contributed by atoms with E-state index in [1.165, 1.54) is 27.5 Å². The van der Waals surface area contributed by atoms with Gasteiger partial charge in [-0.2, -0.15) is 4.65 Å². The summed E-state index contributed by atoms with van der Waals surface area (Å²) in [5.41, 5.74) is 3.45. The quantitative estimate of drug-likeness (QED) is 0.360. The number of ether oxygens (including phenoxy) is 1. The Labute approximate surface area is 217 Å². The minimum atomic E-state index is -2.53. The van der Waals surface area contributed by atoms with E-state index in [0.717, 1.165) is 44.9 Å². The zero-order valence-electron chi connectivity index (χ0n) is 21.8. The zero-order valence-corrected chi connectivity index (χ0v) is 21.8. The summed E-state index contributed by atoms with van der Waals surface area (Å²) in [7, 11) is 1.54. The molecular weight excluding hydrogens is 470 g/mol. The smallest absolute Gasteiger partial charge is 0.289 e. The van der Waals surface area contributed by atoms with E-state index in [9.17, 15) is 14.0 Å². The van der Waals surface area contributed by atoms with Gasteiger partial charge in [0.15, 0.2) is 6.54 Å². The lowest BCUT2D eigenvalue weighted by molar-refractivity contribution is -1.11. The maximum absolute atomic E-state index is 13.2. The predicted octanol–water partition coefficient (Wildman–Crippen LogP) is 6.95. The third kappa shape index (κ3) is 3.38. The fourth-order valence-corrected chi connectivity index (χ4v) is 9.15. The third-order valence-electron chi connectivity index (χ3n) is 11.0. The second kappa shape index (κ2) is 7.93. The topological polar surface area (TPSA) is 42.4 Å². The van der Waals surface area contributed by atoms with Gasteiger partial charge in [-0.05, 0) is 90.0 Å². The van der Waals surface area contributed by atoms with Gasteiger partial charge in [0.05, 0.1) is 18.2 Å². The van der Waals surface area contributed by atoms with E-state index < -0.39 is 23.2 Å². The van der Waals surface area contributed by atoms with E-state index in [2.05, 4.69) is 48.3 Å². The molecule has 2 aromatic rings. The molecule has 2 spiro atoms. The first-order valence-electron chi connectivity index (χ1n) is 14.0. The Morgan fingerprint density at radius 3 is 2.86 bits per heavy atom. The minimum absolute atomic E-state index is 0.0988. The number of hydrogen-bond donors (Lipinski definition) is 1. The highest BCUT2D eigenvalue weighted by molar-refractivity contribution is 5.82. The van der Waals surface area contributed by atoms with Crippen LogP contribution in [-0.2, 0) is 4.74 Å². The van der Waals surface area contributed by atoms with E-state index in [-0.39, 0.29) is 17.1 Å². The maximum Gasteiger partial charge on any atom is 0.289 e. The standard InChI is InChI=1S/C31H37F2N2O2/c1-29-11-9-24-16-23-5-6-25(35(2,36)19-28(32)33)17-30(23)12-13-31(24,37-30)27(29)8-7-26(29)21-4-3-20-10-14-34-18-22(20)15-21/h3-4,9-10,14-16,18,25-28,36H,5-8,11-13,17,19H2,1-2H3/q+1/t25-,26-,27-,29-,30-,31-,35?/m1/s1. The van der Waals surface area contributed by atoms with Gasteiger partial charge in [-0.3, -0.25) is 4.98 Å². The molecule has 7 atom stereocenters. The van der Waals surface area contributed by atoms with Crippen LogP contribution in [0.15, 0.2) is 60.0 Å². The van der Waals surface area contributed by atoms with Gasteiger partial charge in [0.1, 0.15) is 6.04 Å². The molecule has 2 bridgehead atoms. The van der Waals surface area contributed by atoms with Crippen molar-refractivity contribution < 1.29 is 23.4 Å². The number of benzene rings is 1. The molecule has 1 aromatic heterocycles. The van der Waals surface area contributed by atoms with Crippen LogP contribution in [0.5, 0.6) is 0 Å². The second-order valence-corrected chi connectivity index (χ2v) is 12.9.